The lowest BCUT2D eigenvalue weighted by molar-refractivity contribution is 0.116. The van der Waals surface area contributed by atoms with E-state index in [-0.39, 0.29) is 5.56 Å². The number of halogens is 2. The fraction of sp³-hybridized carbons (Fsp3) is 0.222. The molecule has 1 rings (SSSR count). The number of rotatable bonds is 2. The van der Waals surface area contributed by atoms with Crippen molar-refractivity contribution in [2.24, 2.45) is 5.73 Å². The molecule has 4 heteroatoms. The Kier molecular flexibility index (Phi) is 2.93. The Balaban J connectivity index is 2.96. The van der Waals surface area contributed by atoms with Crippen molar-refractivity contribution in [2.75, 3.05) is 0 Å². The van der Waals surface area contributed by atoms with Gasteiger partial charge >= 0.3 is 0 Å². The second-order valence-electron chi connectivity index (χ2n) is 2.60. The molecule has 0 spiro atoms. The first-order valence-corrected chi connectivity index (χ1v) is 3.69. The van der Waals surface area contributed by atoms with Crippen LogP contribution in [0, 0.1) is 11.3 Å². The fourth-order valence-electron chi connectivity index (χ4n) is 0.961. The highest BCUT2D eigenvalue weighted by molar-refractivity contribution is 5.34. The standard InChI is InChI=1S/C9H8F2N2/c10-9(11)8(13)7-3-1-2-6(4-7)5-12/h1-4,8-9H,13H2. The summed E-state index contributed by atoms with van der Waals surface area (Å²) in [5, 5.41) is 8.50. The summed E-state index contributed by atoms with van der Waals surface area (Å²) in [6, 6.07) is 6.49. The summed E-state index contributed by atoms with van der Waals surface area (Å²) in [6.45, 7) is 0. The first kappa shape index (κ1) is 9.62. The third kappa shape index (κ3) is 2.23. The van der Waals surface area contributed by atoms with Gasteiger partial charge in [0.15, 0.2) is 0 Å². The molecule has 0 saturated carbocycles. The van der Waals surface area contributed by atoms with E-state index in [1.807, 2.05) is 6.07 Å². The number of alkyl halides is 2. The van der Waals surface area contributed by atoms with Gasteiger partial charge in [-0.2, -0.15) is 5.26 Å². The van der Waals surface area contributed by atoms with E-state index in [4.69, 9.17) is 11.0 Å². The maximum absolute atomic E-state index is 12.1. The molecule has 0 aromatic heterocycles. The zero-order chi connectivity index (χ0) is 9.84. The van der Waals surface area contributed by atoms with E-state index in [1.54, 1.807) is 6.07 Å². The first-order valence-electron chi connectivity index (χ1n) is 3.69. The summed E-state index contributed by atoms with van der Waals surface area (Å²) in [5.74, 6) is 0. The number of benzene rings is 1. The zero-order valence-electron chi connectivity index (χ0n) is 6.74. The van der Waals surface area contributed by atoms with Crippen LogP contribution in [0.25, 0.3) is 0 Å². The quantitative estimate of drug-likeness (QED) is 0.758. The molecule has 1 atom stereocenters. The van der Waals surface area contributed by atoms with Crippen molar-refractivity contribution in [1.82, 2.24) is 0 Å². The minimum Gasteiger partial charge on any atom is -0.319 e. The second-order valence-corrected chi connectivity index (χ2v) is 2.60. The lowest BCUT2D eigenvalue weighted by atomic mass is 10.1. The van der Waals surface area contributed by atoms with Gasteiger partial charge < -0.3 is 5.73 Å². The van der Waals surface area contributed by atoms with Gasteiger partial charge in [0.2, 0.25) is 0 Å². The molecule has 68 valence electrons. The van der Waals surface area contributed by atoms with Gasteiger partial charge in [-0.15, -0.1) is 0 Å². The van der Waals surface area contributed by atoms with Crippen LogP contribution in [0.1, 0.15) is 17.2 Å². The highest BCUT2D eigenvalue weighted by atomic mass is 19.3. The smallest absolute Gasteiger partial charge is 0.257 e. The monoisotopic (exact) mass is 182 g/mol. The molecule has 0 aliphatic heterocycles. The number of hydrogen-bond donors (Lipinski definition) is 1. The minimum absolute atomic E-state index is 0.286. The number of hydrogen-bond acceptors (Lipinski definition) is 2. The lowest BCUT2D eigenvalue weighted by Crippen LogP contribution is -2.18. The van der Waals surface area contributed by atoms with E-state index in [0.717, 1.165) is 0 Å². The normalized spacial score (nSPS) is 12.5. The predicted octanol–water partition coefficient (Wildman–Crippen LogP) is 1.82. The van der Waals surface area contributed by atoms with Gasteiger partial charge in [0.05, 0.1) is 17.7 Å². The molecule has 0 amide bonds. The van der Waals surface area contributed by atoms with Crippen molar-refractivity contribution in [2.45, 2.75) is 12.5 Å². The molecule has 0 saturated heterocycles. The van der Waals surface area contributed by atoms with E-state index in [9.17, 15) is 8.78 Å². The van der Waals surface area contributed by atoms with Crippen molar-refractivity contribution in [1.29, 1.82) is 5.26 Å². The minimum atomic E-state index is -2.60. The summed E-state index contributed by atoms with van der Waals surface area (Å²) in [5.41, 5.74) is 5.83. The number of nitriles is 1. The summed E-state index contributed by atoms with van der Waals surface area (Å²) in [4.78, 5) is 0. The third-order valence-corrected chi connectivity index (χ3v) is 1.67. The van der Waals surface area contributed by atoms with Crippen molar-refractivity contribution in [3.8, 4) is 6.07 Å². The van der Waals surface area contributed by atoms with Gasteiger partial charge in [0.25, 0.3) is 6.43 Å². The fourth-order valence-corrected chi connectivity index (χ4v) is 0.961. The lowest BCUT2D eigenvalue weighted by Gasteiger charge is -2.10. The summed E-state index contributed by atoms with van der Waals surface area (Å²) >= 11 is 0. The molecule has 0 heterocycles. The second kappa shape index (κ2) is 3.97. The average molecular weight is 182 g/mol. The molecule has 0 aliphatic carbocycles. The predicted molar refractivity (Wildman–Crippen MR) is 44.1 cm³/mol. The third-order valence-electron chi connectivity index (χ3n) is 1.67. The van der Waals surface area contributed by atoms with Crippen molar-refractivity contribution < 1.29 is 8.78 Å². The van der Waals surface area contributed by atoms with Crippen LogP contribution in [-0.2, 0) is 0 Å². The Hall–Kier alpha value is -1.47. The van der Waals surface area contributed by atoms with Crippen LogP contribution in [0.15, 0.2) is 24.3 Å². The maximum atomic E-state index is 12.1. The molecule has 2 nitrogen and oxygen atoms in total. The molecular formula is C9H8F2N2. The van der Waals surface area contributed by atoms with Crippen LogP contribution >= 0.6 is 0 Å². The molecule has 2 N–H and O–H groups in total. The summed E-state index contributed by atoms with van der Waals surface area (Å²) in [6.07, 6.45) is -2.60. The van der Waals surface area contributed by atoms with Crippen LogP contribution < -0.4 is 5.73 Å². The highest BCUT2D eigenvalue weighted by Gasteiger charge is 2.17. The van der Waals surface area contributed by atoms with E-state index >= 15 is 0 Å². The maximum Gasteiger partial charge on any atom is 0.257 e. The van der Waals surface area contributed by atoms with Crippen molar-refractivity contribution in [3.63, 3.8) is 0 Å². The van der Waals surface area contributed by atoms with Crippen LogP contribution in [-0.4, -0.2) is 6.43 Å². The Morgan fingerprint density at radius 1 is 1.38 bits per heavy atom. The Morgan fingerprint density at radius 2 is 2.08 bits per heavy atom. The molecular weight excluding hydrogens is 174 g/mol. The van der Waals surface area contributed by atoms with Crippen LogP contribution in [0.3, 0.4) is 0 Å². The van der Waals surface area contributed by atoms with Gasteiger partial charge in [-0.1, -0.05) is 12.1 Å². The molecule has 13 heavy (non-hydrogen) atoms. The molecule has 0 bridgehead atoms. The summed E-state index contributed by atoms with van der Waals surface area (Å²) < 4.78 is 24.3. The molecule has 0 fully saturated rings. The molecule has 0 aliphatic rings. The largest absolute Gasteiger partial charge is 0.319 e. The van der Waals surface area contributed by atoms with Crippen LogP contribution in [0.4, 0.5) is 8.78 Å². The Morgan fingerprint density at radius 3 is 2.62 bits per heavy atom. The van der Waals surface area contributed by atoms with E-state index in [2.05, 4.69) is 0 Å². The van der Waals surface area contributed by atoms with Gasteiger partial charge in [-0.25, -0.2) is 8.78 Å². The average Bonchev–Trinajstić information content (AvgIpc) is 2.16. The van der Waals surface area contributed by atoms with Gasteiger partial charge in [-0.05, 0) is 17.7 Å². The molecule has 0 radical (unpaired) electrons. The van der Waals surface area contributed by atoms with Crippen molar-refractivity contribution >= 4 is 0 Å². The van der Waals surface area contributed by atoms with E-state index in [0.29, 0.717) is 5.56 Å². The zero-order valence-corrected chi connectivity index (χ0v) is 6.74. The van der Waals surface area contributed by atoms with E-state index in [1.165, 1.54) is 18.2 Å². The van der Waals surface area contributed by atoms with Crippen LogP contribution in [0.2, 0.25) is 0 Å². The topological polar surface area (TPSA) is 49.8 Å². The van der Waals surface area contributed by atoms with Gasteiger partial charge in [-0.3, -0.25) is 0 Å². The molecule has 1 unspecified atom stereocenters. The highest BCUT2D eigenvalue weighted by Crippen LogP contribution is 2.18. The number of nitrogens with zero attached hydrogens (tertiary/aromatic N) is 1. The Labute approximate surface area is 74.6 Å². The molecule has 1 aromatic carbocycles. The van der Waals surface area contributed by atoms with Crippen molar-refractivity contribution in [3.05, 3.63) is 35.4 Å². The SMILES string of the molecule is N#Cc1cccc(C(N)C(F)F)c1. The molecule has 1 aromatic rings. The summed E-state index contributed by atoms with van der Waals surface area (Å²) in [7, 11) is 0. The van der Waals surface area contributed by atoms with Gasteiger partial charge in [0.1, 0.15) is 0 Å². The number of nitrogens with two attached hydrogens (primary N) is 1. The first-order chi connectivity index (χ1) is 6.15. The van der Waals surface area contributed by atoms with E-state index < -0.39 is 12.5 Å². The van der Waals surface area contributed by atoms with Gasteiger partial charge in [0, 0.05) is 0 Å². The van der Waals surface area contributed by atoms with Crippen LogP contribution in [0.5, 0.6) is 0 Å². The Bertz CT molecular complexity index is 331.